The average Bonchev–Trinajstić information content (AvgIpc) is 3.30. The smallest absolute Gasteiger partial charge is 0.194 e. The number of benzene rings is 1. The van der Waals surface area contributed by atoms with Gasteiger partial charge in [0.15, 0.2) is 17.5 Å². The maximum Gasteiger partial charge on any atom is 0.194 e. The number of hydrogen-bond acceptors (Lipinski definition) is 6. The lowest BCUT2D eigenvalue weighted by Gasteiger charge is -2.36. The highest BCUT2D eigenvalue weighted by Crippen LogP contribution is 2.35. The third-order valence-corrected chi connectivity index (χ3v) is 5.83. The molecule has 0 atom stereocenters. The molecule has 0 unspecified atom stereocenters. The monoisotopic (exact) mass is 555 g/mol. The number of ether oxygens (including phenoxy) is 2. The Labute approximate surface area is 207 Å². The van der Waals surface area contributed by atoms with E-state index in [1.807, 2.05) is 12.1 Å². The van der Waals surface area contributed by atoms with Crippen LogP contribution in [0.15, 0.2) is 40.0 Å². The molecule has 1 N–H and O–H groups in total. The molecule has 32 heavy (non-hydrogen) atoms. The Morgan fingerprint density at radius 2 is 1.84 bits per heavy atom. The molecule has 8 nitrogen and oxygen atoms in total. The van der Waals surface area contributed by atoms with Crippen LogP contribution in [0, 0.1) is 0 Å². The summed E-state index contributed by atoms with van der Waals surface area (Å²) in [6, 6.07) is 8.16. The van der Waals surface area contributed by atoms with Crippen LogP contribution in [0.4, 0.5) is 0 Å². The summed E-state index contributed by atoms with van der Waals surface area (Å²) in [5.41, 5.74) is 2.06. The lowest BCUT2D eigenvalue weighted by Crippen LogP contribution is -2.52. The van der Waals surface area contributed by atoms with Gasteiger partial charge in [0, 0.05) is 50.7 Å². The molecule has 9 heteroatoms. The van der Waals surface area contributed by atoms with Crippen molar-refractivity contribution in [3.05, 3.63) is 41.8 Å². The number of nitrogens with one attached hydrogen (secondary N) is 1. The molecule has 0 radical (unpaired) electrons. The third-order valence-electron chi connectivity index (χ3n) is 5.83. The molecule has 0 spiro atoms. The van der Waals surface area contributed by atoms with Crippen LogP contribution in [0.2, 0.25) is 0 Å². The number of hydrogen-bond donors (Lipinski definition) is 1. The Morgan fingerprint density at radius 1 is 1.09 bits per heavy atom. The predicted octanol–water partition coefficient (Wildman–Crippen LogP) is 3.12. The van der Waals surface area contributed by atoms with Gasteiger partial charge in [0.25, 0.3) is 0 Å². The number of fused-ring (bicyclic) bond motifs is 1. The SMILES string of the molecule is CCNC(=NCC(C)(C)c1ccc2c(c1)OCCO2)N1CCN(Cc2ccon2)CC1.I. The normalized spacial score (nSPS) is 17.1. The number of aliphatic imine (C=N–C) groups is 1. The van der Waals surface area contributed by atoms with Crippen LogP contribution in [0.5, 0.6) is 11.5 Å². The molecule has 0 amide bonds. The molecule has 2 aromatic rings. The maximum absolute atomic E-state index is 5.77. The summed E-state index contributed by atoms with van der Waals surface area (Å²) in [4.78, 5) is 9.76. The zero-order valence-electron chi connectivity index (χ0n) is 19.2. The van der Waals surface area contributed by atoms with Gasteiger partial charge in [-0.25, -0.2) is 0 Å². The highest BCUT2D eigenvalue weighted by Gasteiger charge is 2.25. The Morgan fingerprint density at radius 3 is 2.53 bits per heavy atom. The van der Waals surface area contributed by atoms with Crippen molar-refractivity contribution in [2.75, 3.05) is 52.5 Å². The minimum absolute atomic E-state index is 0. The number of guanidine groups is 1. The van der Waals surface area contributed by atoms with Gasteiger partial charge in [-0.3, -0.25) is 9.89 Å². The van der Waals surface area contributed by atoms with Crippen LogP contribution in [-0.2, 0) is 12.0 Å². The van der Waals surface area contributed by atoms with Crippen molar-refractivity contribution in [2.24, 2.45) is 4.99 Å². The van der Waals surface area contributed by atoms with E-state index in [0.717, 1.165) is 62.4 Å². The van der Waals surface area contributed by atoms with Gasteiger partial charge < -0.3 is 24.2 Å². The molecule has 1 fully saturated rings. The average molecular weight is 555 g/mol. The minimum atomic E-state index is -0.120. The molecule has 2 aliphatic rings. The van der Waals surface area contributed by atoms with Crippen molar-refractivity contribution in [3.8, 4) is 11.5 Å². The van der Waals surface area contributed by atoms with Gasteiger partial charge in [0.05, 0.1) is 12.2 Å². The van der Waals surface area contributed by atoms with E-state index in [-0.39, 0.29) is 29.4 Å². The molecular formula is C23H34IN5O3. The first-order valence-corrected chi connectivity index (χ1v) is 11.1. The van der Waals surface area contributed by atoms with E-state index in [1.54, 1.807) is 6.26 Å². The fourth-order valence-corrected chi connectivity index (χ4v) is 3.92. The summed E-state index contributed by atoms with van der Waals surface area (Å²) >= 11 is 0. The Hall–Kier alpha value is -2.01. The van der Waals surface area contributed by atoms with Crippen molar-refractivity contribution >= 4 is 29.9 Å². The van der Waals surface area contributed by atoms with Gasteiger partial charge in [-0.15, -0.1) is 24.0 Å². The van der Waals surface area contributed by atoms with E-state index in [0.29, 0.717) is 19.8 Å². The number of piperazine rings is 1. The molecule has 0 saturated carbocycles. The first-order valence-electron chi connectivity index (χ1n) is 11.1. The lowest BCUT2D eigenvalue weighted by atomic mass is 9.84. The molecule has 0 aliphatic carbocycles. The highest BCUT2D eigenvalue weighted by molar-refractivity contribution is 14.0. The number of rotatable bonds is 6. The highest BCUT2D eigenvalue weighted by atomic mass is 127. The van der Waals surface area contributed by atoms with Crippen molar-refractivity contribution in [1.29, 1.82) is 0 Å². The van der Waals surface area contributed by atoms with Crippen LogP contribution in [0.25, 0.3) is 0 Å². The second-order valence-corrected chi connectivity index (χ2v) is 8.67. The summed E-state index contributed by atoms with van der Waals surface area (Å²) < 4.78 is 16.4. The summed E-state index contributed by atoms with van der Waals surface area (Å²) in [5, 5.41) is 7.49. The molecule has 0 bridgehead atoms. The molecule has 2 aliphatic heterocycles. The maximum atomic E-state index is 5.77. The quantitative estimate of drug-likeness (QED) is 0.334. The zero-order valence-corrected chi connectivity index (χ0v) is 21.5. The van der Waals surface area contributed by atoms with E-state index in [9.17, 15) is 0 Å². The minimum Gasteiger partial charge on any atom is -0.486 e. The number of halogens is 1. The fourth-order valence-electron chi connectivity index (χ4n) is 3.92. The Kier molecular flexibility index (Phi) is 8.64. The predicted molar refractivity (Wildman–Crippen MR) is 135 cm³/mol. The molecule has 1 aromatic carbocycles. The van der Waals surface area contributed by atoms with E-state index < -0.39 is 0 Å². The van der Waals surface area contributed by atoms with Gasteiger partial charge in [0.1, 0.15) is 19.5 Å². The fraction of sp³-hybridized carbons (Fsp3) is 0.565. The number of aromatic nitrogens is 1. The van der Waals surface area contributed by atoms with E-state index >= 15 is 0 Å². The van der Waals surface area contributed by atoms with E-state index in [4.69, 9.17) is 19.0 Å². The van der Waals surface area contributed by atoms with Crippen LogP contribution in [-0.4, -0.2) is 73.4 Å². The van der Waals surface area contributed by atoms with Crippen molar-refractivity contribution in [2.45, 2.75) is 32.7 Å². The number of nitrogens with zero attached hydrogens (tertiary/aromatic N) is 4. The second-order valence-electron chi connectivity index (χ2n) is 8.67. The summed E-state index contributed by atoms with van der Waals surface area (Å²) in [5.74, 6) is 2.64. The van der Waals surface area contributed by atoms with Gasteiger partial charge in [0.2, 0.25) is 0 Å². The largest absolute Gasteiger partial charge is 0.486 e. The van der Waals surface area contributed by atoms with E-state index in [1.165, 1.54) is 5.56 Å². The van der Waals surface area contributed by atoms with Crippen molar-refractivity contribution < 1.29 is 14.0 Å². The first kappa shape index (κ1) is 24.6. The molecule has 1 saturated heterocycles. The van der Waals surface area contributed by atoms with Crippen LogP contribution >= 0.6 is 24.0 Å². The zero-order chi connectivity index (χ0) is 21.7. The molecule has 4 rings (SSSR count). The standard InChI is InChI=1S/C23H33N5O3.HI/c1-4-24-22(28-10-8-27(9-11-28)16-19-7-12-31-26-19)25-17-23(2,3)18-5-6-20-21(15-18)30-14-13-29-20;/h5-7,12,15H,4,8-11,13-14,16-17H2,1-3H3,(H,24,25);1H. The molecule has 176 valence electrons. The first-order chi connectivity index (χ1) is 15.0. The lowest BCUT2D eigenvalue weighted by molar-refractivity contribution is 0.169. The van der Waals surface area contributed by atoms with Crippen molar-refractivity contribution in [3.63, 3.8) is 0 Å². The van der Waals surface area contributed by atoms with Gasteiger partial charge in [-0.2, -0.15) is 0 Å². The topological polar surface area (TPSA) is 75.4 Å². The summed E-state index contributed by atoms with van der Waals surface area (Å²) in [6.45, 7) is 14.0. The van der Waals surface area contributed by atoms with Crippen LogP contribution < -0.4 is 14.8 Å². The summed E-state index contributed by atoms with van der Waals surface area (Å²) in [7, 11) is 0. The second kappa shape index (κ2) is 11.2. The molecule has 1 aromatic heterocycles. The van der Waals surface area contributed by atoms with E-state index in [2.05, 4.69) is 53.2 Å². The molecular weight excluding hydrogens is 521 g/mol. The van der Waals surface area contributed by atoms with Crippen molar-refractivity contribution in [1.82, 2.24) is 20.3 Å². The van der Waals surface area contributed by atoms with Gasteiger partial charge in [-0.05, 0) is 24.6 Å². The molecule has 3 heterocycles. The van der Waals surface area contributed by atoms with Gasteiger partial charge in [-0.1, -0.05) is 25.1 Å². The summed E-state index contributed by atoms with van der Waals surface area (Å²) in [6.07, 6.45) is 1.63. The van der Waals surface area contributed by atoms with Gasteiger partial charge >= 0.3 is 0 Å². The van der Waals surface area contributed by atoms with Crippen LogP contribution in [0.1, 0.15) is 32.0 Å². The van der Waals surface area contributed by atoms with Crippen LogP contribution in [0.3, 0.4) is 0 Å². The Balaban J connectivity index is 0.00000289. The Bertz CT molecular complexity index is 880. The third kappa shape index (κ3) is 6.06.